The quantitative estimate of drug-likeness (QED) is 0.812. The van der Waals surface area contributed by atoms with Crippen LogP contribution in [0.15, 0.2) is 18.2 Å². The highest BCUT2D eigenvalue weighted by atomic mass is 19.1. The fourth-order valence-corrected chi connectivity index (χ4v) is 2.67. The van der Waals surface area contributed by atoms with E-state index in [9.17, 15) is 18.0 Å². The summed E-state index contributed by atoms with van der Waals surface area (Å²) in [6.07, 6.45) is -0.296. The molecular weight excluding hydrogens is 307 g/mol. The van der Waals surface area contributed by atoms with Crippen LogP contribution in [0.5, 0.6) is 0 Å². The van der Waals surface area contributed by atoms with Crippen molar-refractivity contribution in [2.24, 2.45) is 0 Å². The molecule has 1 aliphatic heterocycles. The van der Waals surface area contributed by atoms with Crippen molar-refractivity contribution in [3.8, 4) is 0 Å². The van der Waals surface area contributed by atoms with Gasteiger partial charge in [0.25, 0.3) is 0 Å². The molecule has 128 valence electrons. The minimum Gasteiger partial charge on any atom is -0.444 e. The number of ether oxygens (including phenoxy) is 1. The molecular formula is C17H22F3NO2. The third-order valence-electron chi connectivity index (χ3n) is 3.75. The van der Waals surface area contributed by atoms with E-state index in [-0.39, 0.29) is 37.9 Å². The predicted molar refractivity (Wildman–Crippen MR) is 80.9 cm³/mol. The van der Waals surface area contributed by atoms with E-state index in [1.54, 1.807) is 20.8 Å². The van der Waals surface area contributed by atoms with Gasteiger partial charge < -0.3 is 9.64 Å². The average molecular weight is 329 g/mol. The molecule has 0 N–H and O–H groups in total. The molecule has 1 aromatic carbocycles. The standard InChI is InChI=1S/C17H22F3NO2/c1-16(2,3)23-15(22)21-6-4-17(20,5-7-21)11-12-8-13(18)10-14(19)9-12/h8-10H,4-7,11H2,1-3H3. The topological polar surface area (TPSA) is 29.5 Å². The zero-order valence-corrected chi connectivity index (χ0v) is 13.7. The smallest absolute Gasteiger partial charge is 0.410 e. The summed E-state index contributed by atoms with van der Waals surface area (Å²) in [5, 5.41) is 0. The number of carbonyl (C=O) groups excluding carboxylic acids is 1. The Bertz CT molecular complexity index is 555. The molecule has 1 fully saturated rings. The normalized spacial score (nSPS) is 17.9. The van der Waals surface area contributed by atoms with Crippen LogP contribution in [0, 0.1) is 11.6 Å². The lowest BCUT2D eigenvalue weighted by Crippen LogP contribution is -2.47. The first-order chi connectivity index (χ1) is 10.6. The second-order valence-corrected chi connectivity index (χ2v) is 7.07. The van der Waals surface area contributed by atoms with Gasteiger partial charge in [-0.3, -0.25) is 0 Å². The molecule has 1 aromatic rings. The summed E-state index contributed by atoms with van der Waals surface area (Å²) >= 11 is 0. The third kappa shape index (κ3) is 5.15. The molecule has 23 heavy (non-hydrogen) atoms. The number of amides is 1. The van der Waals surface area contributed by atoms with Gasteiger partial charge in [0.2, 0.25) is 0 Å². The van der Waals surface area contributed by atoms with Crippen LogP contribution in [-0.2, 0) is 11.2 Å². The second kappa shape index (κ2) is 6.42. The third-order valence-corrected chi connectivity index (χ3v) is 3.75. The molecule has 1 heterocycles. The van der Waals surface area contributed by atoms with Crippen molar-refractivity contribution >= 4 is 6.09 Å². The lowest BCUT2D eigenvalue weighted by molar-refractivity contribution is 0.00338. The number of benzene rings is 1. The molecule has 0 saturated carbocycles. The van der Waals surface area contributed by atoms with E-state index in [0.717, 1.165) is 18.2 Å². The first-order valence-corrected chi connectivity index (χ1v) is 7.68. The van der Waals surface area contributed by atoms with Crippen molar-refractivity contribution in [3.63, 3.8) is 0 Å². The van der Waals surface area contributed by atoms with Crippen molar-refractivity contribution in [3.05, 3.63) is 35.4 Å². The van der Waals surface area contributed by atoms with Gasteiger partial charge in [-0.05, 0) is 51.3 Å². The Balaban J connectivity index is 1.95. The number of hydrogen-bond acceptors (Lipinski definition) is 2. The van der Waals surface area contributed by atoms with E-state index in [1.807, 2.05) is 0 Å². The Morgan fingerprint density at radius 2 is 1.70 bits per heavy atom. The van der Waals surface area contributed by atoms with Crippen LogP contribution in [0.1, 0.15) is 39.2 Å². The Hall–Kier alpha value is -1.72. The van der Waals surface area contributed by atoms with E-state index in [1.165, 1.54) is 4.90 Å². The van der Waals surface area contributed by atoms with E-state index in [4.69, 9.17) is 4.74 Å². The van der Waals surface area contributed by atoms with Gasteiger partial charge in [0.05, 0.1) is 0 Å². The highest BCUT2D eigenvalue weighted by molar-refractivity contribution is 5.68. The summed E-state index contributed by atoms with van der Waals surface area (Å²) in [4.78, 5) is 13.4. The van der Waals surface area contributed by atoms with Crippen molar-refractivity contribution in [2.45, 2.75) is 51.3 Å². The summed E-state index contributed by atoms with van der Waals surface area (Å²) in [5.74, 6) is -1.43. The molecule has 6 heteroatoms. The molecule has 0 bridgehead atoms. The van der Waals surface area contributed by atoms with Crippen LogP contribution < -0.4 is 0 Å². The summed E-state index contributed by atoms with van der Waals surface area (Å²) < 4.78 is 46.5. The zero-order chi connectivity index (χ0) is 17.3. The van der Waals surface area contributed by atoms with Gasteiger partial charge >= 0.3 is 6.09 Å². The second-order valence-electron chi connectivity index (χ2n) is 7.07. The van der Waals surface area contributed by atoms with E-state index in [0.29, 0.717) is 0 Å². The van der Waals surface area contributed by atoms with Gasteiger partial charge in [0.1, 0.15) is 22.9 Å². The zero-order valence-electron chi connectivity index (χ0n) is 13.7. The largest absolute Gasteiger partial charge is 0.444 e. The molecule has 3 nitrogen and oxygen atoms in total. The molecule has 0 aliphatic carbocycles. The Morgan fingerprint density at radius 1 is 1.17 bits per heavy atom. The molecule has 2 rings (SSSR count). The first-order valence-electron chi connectivity index (χ1n) is 7.68. The predicted octanol–water partition coefficient (Wildman–Crippen LogP) is 4.25. The lowest BCUT2D eigenvalue weighted by Gasteiger charge is -2.37. The number of likely N-dealkylation sites (tertiary alicyclic amines) is 1. The van der Waals surface area contributed by atoms with Crippen molar-refractivity contribution in [1.82, 2.24) is 4.90 Å². The number of halogens is 3. The summed E-state index contributed by atoms with van der Waals surface area (Å²) in [7, 11) is 0. The van der Waals surface area contributed by atoms with Gasteiger partial charge in [-0.1, -0.05) is 0 Å². The molecule has 1 saturated heterocycles. The molecule has 0 radical (unpaired) electrons. The summed E-state index contributed by atoms with van der Waals surface area (Å²) in [6.45, 7) is 5.76. The monoisotopic (exact) mass is 329 g/mol. The fraction of sp³-hybridized carbons (Fsp3) is 0.588. The number of carbonyl (C=O) groups is 1. The van der Waals surface area contributed by atoms with Gasteiger partial charge in [-0.25, -0.2) is 18.0 Å². The lowest BCUT2D eigenvalue weighted by atomic mass is 9.87. The molecule has 0 atom stereocenters. The van der Waals surface area contributed by atoms with Crippen LogP contribution in [0.25, 0.3) is 0 Å². The minimum atomic E-state index is -1.57. The Labute approximate surface area is 134 Å². The number of piperidine rings is 1. The number of alkyl halides is 1. The van der Waals surface area contributed by atoms with Gasteiger partial charge in [0.15, 0.2) is 0 Å². The summed E-state index contributed by atoms with van der Waals surface area (Å²) in [6, 6.07) is 3.05. The van der Waals surface area contributed by atoms with E-state index in [2.05, 4.69) is 0 Å². The highest BCUT2D eigenvalue weighted by Crippen LogP contribution is 2.31. The minimum absolute atomic E-state index is 0.0656. The Morgan fingerprint density at radius 3 is 2.17 bits per heavy atom. The SMILES string of the molecule is CC(C)(C)OC(=O)N1CCC(F)(Cc2cc(F)cc(F)c2)CC1. The number of rotatable bonds is 2. The van der Waals surface area contributed by atoms with Crippen LogP contribution >= 0.6 is 0 Å². The molecule has 1 amide bonds. The Kier molecular flexibility index (Phi) is 4.92. The molecule has 0 spiro atoms. The van der Waals surface area contributed by atoms with Gasteiger partial charge in [-0.2, -0.15) is 0 Å². The van der Waals surface area contributed by atoms with Crippen molar-refractivity contribution in [2.75, 3.05) is 13.1 Å². The van der Waals surface area contributed by atoms with Crippen LogP contribution in [0.3, 0.4) is 0 Å². The molecule has 1 aliphatic rings. The summed E-state index contributed by atoms with van der Waals surface area (Å²) in [5.41, 5.74) is -1.88. The van der Waals surface area contributed by atoms with Crippen molar-refractivity contribution in [1.29, 1.82) is 0 Å². The average Bonchev–Trinajstić information content (AvgIpc) is 2.35. The van der Waals surface area contributed by atoms with Crippen LogP contribution in [0.2, 0.25) is 0 Å². The fourth-order valence-electron chi connectivity index (χ4n) is 2.67. The van der Waals surface area contributed by atoms with Gasteiger partial charge in [0, 0.05) is 25.6 Å². The van der Waals surface area contributed by atoms with Gasteiger partial charge in [-0.15, -0.1) is 0 Å². The van der Waals surface area contributed by atoms with E-state index < -0.39 is 29.0 Å². The maximum Gasteiger partial charge on any atom is 0.410 e. The number of nitrogens with zero attached hydrogens (tertiary/aromatic N) is 1. The van der Waals surface area contributed by atoms with Crippen LogP contribution in [-0.4, -0.2) is 35.4 Å². The number of hydrogen-bond donors (Lipinski definition) is 0. The first kappa shape index (κ1) is 17.6. The molecule has 0 unspecified atom stereocenters. The van der Waals surface area contributed by atoms with E-state index >= 15 is 0 Å². The maximum atomic E-state index is 14.9. The molecule has 0 aromatic heterocycles. The van der Waals surface area contributed by atoms with Crippen molar-refractivity contribution < 1.29 is 22.7 Å². The highest BCUT2D eigenvalue weighted by Gasteiger charge is 2.37. The maximum absolute atomic E-state index is 14.9. The van der Waals surface area contributed by atoms with Crippen LogP contribution in [0.4, 0.5) is 18.0 Å².